The molecule has 144 valence electrons. The zero-order valence-corrected chi connectivity index (χ0v) is 16.6. The van der Waals surface area contributed by atoms with E-state index in [9.17, 15) is 4.79 Å². The van der Waals surface area contributed by atoms with Crippen LogP contribution in [-0.4, -0.2) is 11.1 Å². The maximum atomic E-state index is 11.1. The normalized spacial score (nSPS) is 13.4. The Labute approximate surface area is 156 Å². The van der Waals surface area contributed by atoms with Crippen LogP contribution >= 0.6 is 0 Å². The molecule has 0 aliphatic rings. The van der Waals surface area contributed by atoms with E-state index in [0.717, 1.165) is 44.9 Å². The van der Waals surface area contributed by atoms with E-state index in [2.05, 4.69) is 50.3 Å². The Morgan fingerprint density at radius 3 is 1.92 bits per heavy atom. The topological polar surface area (TPSA) is 37.3 Å². The van der Waals surface area contributed by atoms with Gasteiger partial charge in [-0.2, -0.15) is 0 Å². The molecule has 1 N–H and O–H groups in total. The highest BCUT2D eigenvalue weighted by atomic mass is 16.4. The number of carboxylic acids is 1. The van der Waals surface area contributed by atoms with Gasteiger partial charge < -0.3 is 5.11 Å². The number of rotatable bonds is 17. The van der Waals surface area contributed by atoms with Gasteiger partial charge in [0.15, 0.2) is 0 Å². The number of unbranched alkanes of at least 4 members (excludes halogenated alkanes) is 6. The van der Waals surface area contributed by atoms with Gasteiger partial charge in [-0.25, -0.2) is 0 Å². The molecule has 0 fully saturated rings. The fourth-order valence-corrected chi connectivity index (χ4v) is 2.93. The van der Waals surface area contributed by atoms with Gasteiger partial charge in [-0.1, -0.05) is 88.8 Å². The zero-order chi connectivity index (χ0) is 18.6. The van der Waals surface area contributed by atoms with Crippen molar-refractivity contribution >= 4 is 5.97 Å². The number of carboxylic acid groups (broad SMARTS) is 1. The Morgan fingerprint density at radius 2 is 1.32 bits per heavy atom. The molecule has 0 radical (unpaired) electrons. The highest BCUT2D eigenvalue weighted by Crippen LogP contribution is 2.17. The minimum absolute atomic E-state index is 0.119. The molecule has 0 saturated carbocycles. The van der Waals surface area contributed by atoms with Crippen LogP contribution in [0, 0.1) is 5.92 Å². The van der Waals surface area contributed by atoms with Crippen LogP contribution < -0.4 is 0 Å². The molecule has 0 saturated heterocycles. The van der Waals surface area contributed by atoms with Crippen LogP contribution in [0.2, 0.25) is 0 Å². The van der Waals surface area contributed by atoms with Crippen LogP contribution in [0.25, 0.3) is 0 Å². The SMILES string of the molecule is CCC=CCC=CCC=CCCCCCCCCC(CCC)C(=O)O. The average molecular weight is 349 g/mol. The molecule has 1 atom stereocenters. The van der Waals surface area contributed by atoms with Crippen LogP contribution in [0.3, 0.4) is 0 Å². The summed E-state index contributed by atoms with van der Waals surface area (Å²) in [5.74, 6) is -0.729. The van der Waals surface area contributed by atoms with E-state index in [0.29, 0.717) is 0 Å². The van der Waals surface area contributed by atoms with Crippen LogP contribution in [0.15, 0.2) is 36.5 Å². The average Bonchev–Trinajstić information content (AvgIpc) is 2.60. The molecule has 2 heteroatoms. The molecule has 0 aromatic carbocycles. The summed E-state index contributed by atoms with van der Waals surface area (Å²) in [6.07, 6.45) is 27.8. The van der Waals surface area contributed by atoms with Crippen molar-refractivity contribution in [2.75, 3.05) is 0 Å². The van der Waals surface area contributed by atoms with Crippen molar-refractivity contribution in [1.29, 1.82) is 0 Å². The number of carbonyl (C=O) groups is 1. The molecule has 0 aromatic rings. The quantitative estimate of drug-likeness (QED) is 0.219. The summed E-state index contributed by atoms with van der Waals surface area (Å²) in [7, 11) is 0. The van der Waals surface area contributed by atoms with Crippen molar-refractivity contribution < 1.29 is 9.90 Å². The van der Waals surface area contributed by atoms with Crippen molar-refractivity contribution in [2.45, 2.75) is 97.3 Å². The second-order valence-electron chi connectivity index (χ2n) is 6.82. The zero-order valence-electron chi connectivity index (χ0n) is 16.6. The van der Waals surface area contributed by atoms with Crippen LogP contribution in [0.5, 0.6) is 0 Å². The summed E-state index contributed by atoms with van der Waals surface area (Å²) in [4.78, 5) is 11.1. The van der Waals surface area contributed by atoms with Gasteiger partial charge in [-0.05, 0) is 44.9 Å². The third-order valence-electron chi connectivity index (χ3n) is 4.44. The maximum Gasteiger partial charge on any atom is 0.306 e. The summed E-state index contributed by atoms with van der Waals surface area (Å²) in [6.45, 7) is 4.22. The van der Waals surface area contributed by atoms with E-state index in [1.165, 1.54) is 38.5 Å². The summed E-state index contributed by atoms with van der Waals surface area (Å²) in [5.41, 5.74) is 0. The second-order valence-corrected chi connectivity index (χ2v) is 6.82. The second kappa shape index (κ2) is 19.0. The van der Waals surface area contributed by atoms with Gasteiger partial charge in [0.1, 0.15) is 0 Å². The third-order valence-corrected chi connectivity index (χ3v) is 4.44. The Kier molecular flexibility index (Phi) is 18.0. The molecule has 2 nitrogen and oxygen atoms in total. The van der Waals surface area contributed by atoms with E-state index < -0.39 is 5.97 Å². The molecule has 0 aliphatic heterocycles. The number of allylic oxidation sites excluding steroid dienone is 6. The molecular weight excluding hydrogens is 308 g/mol. The Hall–Kier alpha value is -1.31. The lowest BCUT2D eigenvalue weighted by Crippen LogP contribution is -2.13. The van der Waals surface area contributed by atoms with Crippen molar-refractivity contribution in [2.24, 2.45) is 5.92 Å². The van der Waals surface area contributed by atoms with E-state index >= 15 is 0 Å². The highest BCUT2D eigenvalue weighted by Gasteiger charge is 2.15. The first kappa shape index (κ1) is 23.7. The Morgan fingerprint density at radius 1 is 0.760 bits per heavy atom. The number of hydrogen-bond donors (Lipinski definition) is 1. The summed E-state index contributed by atoms with van der Waals surface area (Å²) in [6, 6.07) is 0. The fourth-order valence-electron chi connectivity index (χ4n) is 2.93. The largest absolute Gasteiger partial charge is 0.481 e. The molecule has 0 spiro atoms. The lowest BCUT2D eigenvalue weighted by molar-refractivity contribution is -0.142. The van der Waals surface area contributed by atoms with Gasteiger partial charge in [-0.3, -0.25) is 4.79 Å². The number of hydrogen-bond acceptors (Lipinski definition) is 1. The molecule has 0 aromatic heterocycles. The van der Waals surface area contributed by atoms with Gasteiger partial charge in [0.2, 0.25) is 0 Å². The smallest absolute Gasteiger partial charge is 0.306 e. The monoisotopic (exact) mass is 348 g/mol. The van der Waals surface area contributed by atoms with Gasteiger partial charge in [0.25, 0.3) is 0 Å². The fraction of sp³-hybridized carbons (Fsp3) is 0.696. The van der Waals surface area contributed by atoms with Gasteiger partial charge in [0.05, 0.1) is 5.92 Å². The third kappa shape index (κ3) is 17.3. The Balaban J connectivity index is 3.39. The van der Waals surface area contributed by atoms with Crippen molar-refractivity contribution in [3.63, 3.8) is 0 Å². The molecular formula is C23H40O2. The predicted octanol–water partition coefficient (Wildman–Crippen LogP) is 7.47. The van der Waals surface area contributed by atoms with E-state index in [4.69, 9.17) is 5.11 Å². The van der Waals surface area contributed by atoms with Crippen LogP contribution in [0.1, 0.15) is 97.3 Å². The van der Waals surface area contributed by atoms with E-state index in [1.54, 1.807) is 0 Å². The van der Waals surface area contributed by atoms with Gasteiger partial charge >= 0.3 is 5.97 Å². The summed E-state index contributed by atoms with van der Waals surface area (Å²) < 4.78 is 0. The molecule has 1 unspecified atom stereocenters. The molecule has 0 aliphatic carbocycles. The Bertz CT molecular complexity index is 380. The first-order chi connectivity index (χ1) is 12.2. The van der Waals surface area contributed by atoms with E-state index in [-0.39, 0.29) is 5.92 Å². The lowest BCUT2D eigenvalue weighted by Gasteiger charge is -2.10. The minimum Gasteiger partial charge on any atom is -0.481 e. The van der Waals surface area contributed by atoms with Gasteiger partial charge in [0, 0.05) is 0 Å². The van der Waals surface area contributed by atoms with E-state index in [1.807, 2.05) is 0 Å². The molecule has 0 bridgehead atoms. The predicted molar refractivity (Wildman–Crippen MR) is 110 cm³/mol. The van der Waals surface area contributed by atoms with Crippen molar-refractivity contribution in [1.82, 2.24) is 0 Å². The standard InChI is InChI=1S/C23H40O2/c1-3-5-6-7-8-9-10-11-12-13-14-15-16-17-18-19-21-22(20-4-2)23(24)25/h5-6,8-9,11-12,22H,3-4,7,10,13-21H2,1-2H3,(H,24,25). The molecule has 25 heavy (non-hydrogen) atoms. The highest BCUT2D eigenvalue weighted by molar-refractivity contribution is 5.69. The summed E-state index contributed by atoms with van der Waals surface area (Å²) >= 11 is 0. The maximum absolute atomic E-state index is 11.1. The molecule has 0 amide bonds. The first-order valence-electron chi connectivity index (χ1n) is 10.4. The van der Waals surface area contributed by atoms with Gasteiger partial charge in [-0.15, -0.1) is 0 Å². The lowest BCUT2D eigenvalue weighted by atomic mass is 9.96. The number of aliphatic carboxylic acids is 1. The van der Waals surface area contributed by atoms with Crippen molar-refractivity contribution in [3.8, 4) is 0 Å². The summed E-state index contributed by atoms with van der Waals surface area (Å²) in [5, 5.41) is 9.12. The molecule has 0 heterocycles. The van der Waals surface area contributed by atoms with Crippen LogP contribution in [-0.2, 0) is 4.79 Å². The molecule has 0 rings (SSSR count). The van der Waals surface area contributed by atoms with Crippen molar-refractivity contribution in [3.05, 3.63) is 36.5 Å². The first-order valence-corrected chi connectivity index (χ1v) is 10.4. The minimum atomic E-state index is -0.610. The van der Waals surface area contributed by atoms with Crippen LogP contribution in [0.4, 0.5) is 0 Å².